The van der Waals surface area contributed by atoms with E-state index in [1.165, 1.54) is 0 Å². The van der Waals surface area contributed by atoms with Crippen molar-refractivity contribution in [2.75, 3.05) is 26.3 Å². The standard InChI is InChI=1S/C25H27N3O4/c1-17-5-2-3-6-19(17)25-26-13-18(14-27-25)15-28-10-9-21(20(29)16-28)32-23-8-4-7-22-24(23)31-12-11-30-22/h2-8,13-14,20-21,29H,9-12,15-16H2,1H3/t20-,21-/m1/s1. The van der Waals surface area contributed by atoms with Crippen molar-refractivity contribution in [2.45, 2.75) is 32.1 Å². The maximum atomic E-state index is 10.7. The van der Waals surface area contributed by atoms with E-state index in [0.29, 0.717) is 50.0 Å². The van der Waals surface area contributed by atoms with Gasteiger partial charge in [-0.05, 0) is 31.0 Å². The van der Waals surface area contributed by atoms with Gasteiger partial charge in [0.15, 0.2) is 17.3 Å². The molecular weight excluding hydrogens is 406 g/mol. The minimum absolute atomic E-state index is 0.289. The van der Waals surface area contributed by atoms with Crippen LogP contribution >= 0.6 is 0 Å². The Bertz CT molecular complexity index is 1070. The van der Waals surface area contributed by atoms with Crippen LogP contribution in [-0.2, 0) is 6.54 Å². The fourth-order valence-corrected chi connectivity index (χ4v) is 4.22. The highest BCUT2D eigenvalue weighted by Gasteiger charge is 2.31. The number of β-amino-alcohol motifs (C(OH)–C–C–N with tert-alkyl or cyclic N) is 1. The lowest BCUT2D eigenvalue weighted by Gasteiger charge is -2.36. The second kappa shape index (κ2) is 9.14. The number of aryl methyl sites for hydroxylation is 1. The average Bonchev–Trinajstić information content (AvgIpc) is 2.82. The van der Waals surface area contributed by atoms with Gasteiger partial charge in [-0.2, -0.15) is 0 Å². The predicted octanol–water partition coefficient (Wildman–Crippen LogP) is 3.24. The van der Waals surface area contributed by atoms with Gasteiger partial charge in [-0.25, -0.2) is 9.97 Å². The van der Waals surface area contributed by atoms with Crippen molar-refractivity contribution in [2.24, 2.45) is 0 Å². The van der Waals surface area contributed by atoms with Gasteiger partial charge in [0, 0.05) is 43.2 Å². The summed E-state index contributed by atoms with van der Waals surface area (Å²) in [4.78, 5) is 11.3. The second-order valence-electron chi connectivity index (χ2n) is 8.26. The van der Waals surface area contributed by atoms with Crippen LogP contribution < -0.4 is 14.2 Å². The summed E-state index contributed by atoms with van der Waals surface area (Å²) in [6.07, 6.45) is 3.57. The van der Waals surface area contributed by atoms with Crippen LogP contribution in [-0.4, -0.2) is 58.5 Å². The molecule has 2 atom stereocenters. The number of rotatable bonds is 5. The summed E-state index contributed by atoms with van der Waals surface area (Å²) in [5.74, 6) is 2.67. The Morgan fingerprint density at radius 3 is 2.69 bits per heavy atom. The first-order valence-corrected chi connectivity index (χ1v) is 11.0. The van der Waals surface area contributed by atoms with Crippen molar-refractivity contribution in [3.63, 3.8) is 0 Å². The Balaban J connectivity index is 1.20. The number of hydrogen-bond acceptors (Lipinski definition) is 7. The van der Waals surface area contributed by atoms with Crippen molar-refractivity contribution in [1.29, 1.82) is 0 Å². The molecule has 1 fully saturated rings. The number of aromatic nitrogens is 2. The first-order chi connectivity index (χ1) is 15.7. The van der Waals surface area contributed by atoms with E-state index in [9.17, 15) is 5.11 Å². The number of para-hydroxylation sites is 1. The predicted molar refractivity (Wildman–Crippen MR) is 120 cm³/mol. The van der Waals surface area contributed by atoms with Crippen molar-refractivity contribution < 1.29 is 19.3 Å². The maximum Gasteiger partial charge on any atom is 0.203 e. The summed E-state index contributed by atoms with van der Waals surface area (Å²) < 4.78 is 17.5. The molecule has 1 aromatic heterocycles. The quantitative estimate of drug-likeness (QED) is 0.662. The Hall–Kier alpha value is -3.16. The normalized spacial score (nSPS) is 20.7. The number of piperidine rings is 1. The molecule has 0 radical (unpaired) electrons. The van der Waals surface area contributed by atoms with E-state index in [1.54, 1.807) is 0 Å². The van der Waals surface area contributed by atoms with E-state index in [1.807, 2.05) is 48.8 Å². The molecule has 7 heteroatoms. The summed E-state index contributed by atoms with van der Waals surface area (Å²) >= 11 is 0. The molecule has 5 rings (SSSR count). The zero-order valence-corrected chi connectivity index (χ0v) is 18.1. The van der Waals surface area contributed by atoms with E-state index in [-0.39, 0.29) is 6.10 Å². The Morgan fingerprint density at radius 1 is 1.06 bits per heavy atom. The molecule has 3 aromatic rings. The highest BCUT2D eigenvalue weighted by Crippen LogP contribution is 2.40. The number of aliphatic hydroxyl groups is 1. The Morgan fingerprint density at radius 2 is 1.88 bits per heavy atom. The molecule has 2 aromatic carbocycles. The first-order valence-electron chi connectivity index (χ1n) is 11.0. The van der Waals surface area contributed by atoms with Crippen LogP contribution in [0.15, 0.2) is 54.9 Å². The van der Waals surface area contributed by atoms with E-state index >= 15 is 0 Å². The Kier molecular flexibility index (Phi) is 5.92. The molecule has 1 N–H and O–H groups in total. The van der Waals surface area contributed by atoms with Crippen molar-refractivity contribution in [3.8, 4) is 28.6 Å². The van der Waals surface area contributed by atoms with Crippen LogP contribution in [0.1, 0.15) is 17.5 Å². The number of fused-ring (bicyclic) bond motifs is 1. The minimum Gasteiger partial charge on any atom is -0.486 e. The SMILES string of the molecule is Cc1ccccc1-c1ncc(CN2CC[C@@H](Oc3cccc4c3OCCO4)[C@H](O)C2)cn1. The first kappa shape index (κ1) is 20.7. The molecule has 0 aliphatic carbocycles. The summed E-state index contributed by atoms with van der Waals surface area (Å²) in [6, 6.07) is 13.7. The monoisotopic (exact) mass is 433 g/mol. The van der Waals surface area contributed by atoms with Crippen molar-refractivity contribution >= 4 is 0 Å². The third-order valence-electron chi connectivity index (χ3n) is 5.91. The molecule has 0 saturated carbocycles. The smallest absolute Gasteiger partial charge is 0.203 e. The van der Waals surface area contributed by atoms with Gasteiger partial charge in [0.25, 0.3) is 0 Å². The molecular formula is C25H27N3O4. The summed E-state index contributed by atoms with van der Waals surface area (Å²) in [6.45, 7) is 5.12. The number of aliphatic hydroxyl groups excluding tert-OH is 1. The molecule has 0 unspecified atom stereocenters. The average molecular weight is 434 g/mol. The second-order valence-corrected chi connectivity index (χ2v) is 8.26. The van der Waals surface area contributed by atoms with E-state index in [0.717, 1.165) is 29.1 Å². The van der Waals surface area contributed by atoms with E-state index in [4.69, 9.17) is 14.2 Å². The maximum absolute atomic E-state index is 10.7. The van der Waals surface area contributed by atoms with Crippen LogP contribution in [0, 0.1) is 6.92 Å². The highest BCUT2D eigenvalue weighted by atomic mass is 16.6. The van der Waals surface area contributed by atoms with Gasteiger partial charge in [0.2, 0.25) is 5.75 Å². The summed E-state index contributed by atoms with van der Waals surface area (Å²) in [5, 5.41) is 10.7. The van der Waals surface area contributed by atoms with Crippen LogP contribution in [0.4, 0.5) is 0 Å². The molecule has 1 saturated heterocycles. The van der Waals surface area contributed by atoms with Crippen LogP contribution in [0.5, 0.6) is 17.2 Å². The third-order valence-corrected chi connectivity index (χ3v) is 5.91. The zero-order valence-electron chi connectivity index (χ0n) is 18.1. The fraction of sp³-hybridized carbons (Fsp3) is 0.360. The lowest BCUT2D eigenvalue weighted by atomic mass is 10.0. The number of ether oxygens (including phenoxy) is 3. The van der Waals surface area contributed by atoms with E-state index in [2.05, 4.69) is 27.9 Å². The number of nitrogens with zero attached hydrogens (tertiary/aromatic N) is 3. The molecule has 166 valence electrons. The summed E-state index contributed by atoms with van der Waals surface area (Å²) in [5.41, 5.74) is 3.23. The van der Waals surface area contributed by atoms with E-state index < -0.39 is 6.10 Å². The molecule has 3 heterocycles. The molecule has 32 heavy (non-hydrogen) atoms. The van der Waals surface area contributed by atoms with Crippen LogP contribution in [0.25, 0.3) is 11.4 Å². The molecule has 2 aliphatic rings. The van der Waals surface area contributed by atoms with Gasteiger partial charge in [0.05, 0.1) is 0 Å². The molecule has 0 amide bonds. The van der Waals surface area contributed by atoms with Gasteiger partial charge >= 0.3 is 0 Å². The third kappa shape index (κ3) is 4.40. The van der Waals surface area contributed by atoms with Gasteiger partial charge in [-0.15, -0.1) is 0 Å². The van der Waals surface area contributed by atoms with Gasteiger partial charge in [-0.3, -0.25) is 4.90 Å². The zero-order chi connectivity index (χ0) is 21.9. The molecule has 7 nitrogen and oxygen atoms in total. The lowest BCUT2D eigenvalue weighted by molar-refractivity contribution is -0.0290. The molecule has 0 spiro atoms. The highest BCUT2D eigenvalue weighted by molar-refractivity contribution is 5.59. The molecule has 0 bridgehead atoms. The fourth-order valence-electron chi connectivity index (χ4n) is 4.22. The van der Waals surface area contributed by atoms with Gasteiger partial charge in [-0.1, -0.05) is 30.3 Å². The number of benzene rings is 2. The minimum atomic E-state index is -0.601. The van der Waals surface area contributed by atoms with Crippen LogP contribution in [0.2, 0.25) is 0 Å². The summed E-state index contributed by atoms with van der Waals surface area (Å²) in [7, 11) is 0. The molecule has 2 aliphatic heterocycles. The van der Waals surface area contributed by atoms with Crippen molar-refractivity contribution in [3.05, 3.63) is 66.0 Å². The Labute approximate surface area is 187 Å². The topological polar surface area (TPSA) is 76.9 Å². The van der Waals surface area contributed by atoms with Crippen LogP contribution in [0.3, 0.4) is 0 Å². The van der Waals surface area contributed by atoms with Gasteiger partial charge in [0.1, 0.15) is 25.4 Å². The number of hydrogen-bond donors (Lipinski definition) is 1. The van der Waals surface area contributed by atoms with Crippen molar-refractivity contribution in [1.82, 2.24) is 14.9 Å². The van der Waals surface area contributed by atoms with Gasteiger partial charge < -0.3 is 19.3 Å². The lowest BCUT2D eigenvalue weighted by Crippen LogP contribution is -2.48. The number of likely N-dealkylation sites (tertiary alicyclic amines) is 1. The largest absolute Gasteiger partial charge is 0.486 e.